The van der Waals surface area contributed by atoms with Crippen LogP contribution >= 0.6 is 11.3 Å². The number of aromatic amines is 1. The fraction of sp³-hybridized carbons (Fsp3) is 0.316. The molecule has 3 aromatic rings. The number of hydrogen-bond acceptors (Lipinski definition) is 7. The zero-order valence-electron chi connectivity index (χ0n) is 15.4. The van der Waals surface area contributed by atoms with Gasteiger partial charge in [-0.15, -0.1) is 11.3 Å². The maximum Gasteiger partial charge on any atom is 0.320 e. The monoisotopic (exact) mass is 387 g/mol. The number of carbonyl (C=O) groups excluding carboxylic acids is 1. The van der Waals surface area contributed by atoms with Gasteiger partial charge >= 0.3 is 5.97 Å². The lowest BCUT2D eigenvalue weighted by Gasteiger charge is -2.14. The SMILES string of the molecule is CCOC(=O)CN(C)Cc1nc2cc(-c3ccc(OC)cc3)sc2c(=O)[nH]1. The van der Waals surface area contributed by atoms with Crippen LogP contribution in [0.15, 0.2) is 35.1 Å². The van der Waals surface area contributed by atoms with E-state index in [0.29, 0.717) is 29.2 Å². The van der Waals surface area contributed by atoms with Crippen LogP contribution in [-0.2, 0) is 16.1 Å². The molecule has 0 unspecified atom stereocenters. The average Bonchev–Trinajstić information content (AvgIpc) is 3.06. The second-order valence-corrected chi connectivity index (χ2v) is 7.10. The Hall–Kier alpha value is -2.71. The van der Waals surface area contributed by atoms with E-state index in [1.165, 1.54) is 11.3 Å². The summed E-state index contributed by atoms with van der Waals surface area (Å²) in [7, 11) is 3.40. The number of nitrogens with zero attached hydrogens (tertiary/aromatic N) is 2. The Morgan fingerprint density at radius 1 is 1.30 bits per heavy atom. The van der Waals surface area contributed by atoms with Crippen LogP contribution in [0.5, 0.6) is 5.75 Å². The Morgan fingerprint density at radius 3 is 2.70 bits per heavy atom. The third-order valence-electron chi connectivity index (χ3n) is 3.93. The molecule has 2 heterocycles. The van der Waals surface area contributed by atoms with Crippen molar-refractivity contribution in [3.8, 4) is 16.2 Å². The highest BCUT2D eigenvalue weighted by Crippen LogP contribution is 2.31. The molecule has 0 radical (unpaired) electrons. The van der Waals surface area contributed by atoms with E-state index in [9.17, 15) is 9.59 Å². The summed E-state index contributed by atoms with van der Waals surface area (Å²) < 4.78 is 10.7. The molecule has 8 heteroatoms. The van der Waals surface area contributed by atoms with E-state index in [0.717, 1.165) is 16.2 Å². The molecule has 0 amide bonds. The van der Waals surface area contributed by atoms with Crippen LogP contribution in [-0.4, -0.2) is 48.1 Å². The molecule has 27 heavy (non-hydrogen) atoms. The highest BCUT2D eigenvalue weighted by atomic mass is 32.1. The first-order valence-electron chi connectivity index (χ1n) is 8.51. The van der Waals surface area contributed by atoms with Crippen molar-refractivity contribution < 1.29 is 14.3 Å². The molecule has 1 aromatic carbocycles. The van der Waals surface area contributed by atoms with Gasteiger partial charge in [-0.25, -0.2) is 4.98 Å². The molecule has 0 spiro atoms. The van der Waals surface area contributed by atoms with Gasteiger partial charge in [-0.05, 0) is 49.9 Å². The van der Waals surface area contributed by atoms with Gasteiger partial charge < -0.3 is 14.5 Å². The summed E-state index contributed by atoms with van der Waals surface area (Å²) in [4.78, 5) is 34.1. The number of thiophene rings is 1. The number of esters is 1. The van der Waals surface area contributed by atoms with Gasteiger partial charge in [-0.1, -0.05) is 0 Å². The van der Waals surface area contributed by atoms with Crippen molar-refractivity contribution in [2.24, 2.45) is 0 Å². The predicted octanol–water partition coefficient (Wildman–Crippen LogP) is 2.66. The Labute approximate surface area is 160 Å². The van der Waals surface area contributed by atoms with E-state index < -0.39 is 0 Å². The molecule has 0 atom stereocenters. The van der Waals surface area contributed by atoms with Crippen molar-refractivity contribution in [1.29, 1.82) is 0 Å². The van der Waals surface area contributed by atoms with E-state index in [1.54, 1.807) is 26.0 Å². The zero-order chi connectivity index (χ0) is 19.4. The minimum Gasteiger partial charge on any atom is -0.497 e. The highest BCUT2D eigenvalue weighted by molar-refractivity contribution is 7.22. The van der Waals surface area contributed by atoms with Crippen molar-refractivity contribution in [2.75, 3.05) is 27.3 Å². The number of benzene rings is 1. The standard InChI is InChI=1S/C19H21N3O4S/c1-4-26-17(23)11-22(2)10-16-20-14-9-15(27-18(14)19(24)21-16)12-5-7-13(25-3)8-6-12/h5-9H,4,10-11H2,1-3H3,(H,20,21,24). The van der Waals surface area contributed by atoms with Crippen molar-refractivity contribution in [2.45, 2.75) is 13.5 Å². The van der Waals surface area contributed by atoms with Gasteiger partial charge in [-0.2, -0.15) is 0 Å². The Kier molecular flexibility index (Phi) is 5.88. The van der Waals surface area contributed by atoms with Crippen molar-refractivity contribution >= 4 is 27.5 Å². The molecule has 7 nitrogen and oxygen atoms in total. The van der Waals surface area contributed by atoms with E-state index >= 15 is 0 Å². The summed E-state index contributed by atoms with van der Waals surface area (Å²) in [6.45, 7) is 2.59. The number of hydrogen-bond donors (Lipinski definition) is 1. The lowest BCUT2D eigenvalue weighted by molar-refractivity contribution is -0.144. The zero-order valence-corrected chi connectivity index (χ0v) is 16.3. The van der Waals surface area contributed by atoms with Crippen LogP contribution in [0.3, 0.4) is 0 Å². The van der Waals surface area contributed by atoms with Crippen LogP contribution in [0.4, 0.5) is 0 Å². The smallest absolute Gasteiger partial charge is 0.320 e. The molecule has 0 fully saturated rings. The molecule has 0 saturated carbocycles. The predicted molar refractivity (Wildman–Crippen MR) is 105 cm³/mol. The third-order valence-corrected chi connectivity index (χ3v) is 5.10. The summed E-state index contributed by atoms with van der Waals surface area (Å²) in [6, 6.07) is 9.57. The van der Waals surface area contributed by atoms with Gasteiger partial charge in [0.05, 0.1) is 32.3 Å². The van der Waals surface area contributed by atoms with Gasteiger partial charge in [0.2, 0.25) is 0 Å². The Bertz CT molecular complexity index is 994. The maximum atomic E-state index is 12.4. The van der Waals surface area contributed by atoms with Gasteiger partial charge in [0.1, 0.15) is 16.3 Å². The molecular formula is C19H21N3O4S. The molecule has 0 aliphatic carbocycles. The van der Waals surface area contributed by atoms with Crippen molar-refractivity contribution in [3.05, 3.63) is 46.5 Å². The van der Waals surface area contributed by atoms with Gasteiger partial charge in [0, 0.05) is 4.88 Å². The quantitative estimate of drug-likeness (QED) is 0.628. The number of aromatic nitrogens is 2. The average molecular weight is 387 g/mol. The minimum absolute atomic E-state index is 0.135. The van der Waals surface area contributed by atoms with E-state index in [-0.39, 0.29) is 18.1 Å². The second-order valence-electron chi connectivity index (χ2n) is 6.04. The summed E-state index contributed by atoms with van der Waals surface area (Å²) >= 11 is 1.40. The van der Waals surface area contributed by atoms with E-state index in [4.69, 9.17) is 9.47 Å². The van der Waals surface area contributed by atoms with E-state index in [1.807, 2.05) is 30.3 Å². The number of H-pyrrole nitrogens is 1. The van der Waals surface area contributed by atoms with Gasteiger partial charge in [0.25, 0.3) is 5.56 Å². The van der Waals surface area contributed by atoms with Gasteiger partial charge in [0.15, 0.2) is 0 Å². The minimum atomic E-state index is -0.305. The third kappa shape index (κ3) is 4.53. The first kappa shape index (κ1) is 19.1. The van der Waals surface area contributed by atoms with Crippen LogP contribution < -0.4 is 10.3 Å². The molecular weight excluding hydrogens is 366 g/mol. The summed E-state index contributed by atoms with van der Waals surface area (Å²) in [6.07, 6.45) is 0. The van der Waals surface area contributed by atoms with Crippen molar-refractivity contribution in [1.82, 2.24) is 14.9 Å². The number of rotatable bonds is 7. The number of likely N-dealkylation sites (N-methyl/N-ethyl adjacent to an activating group) is 1. The number of fused-ring (bicyclic) bond motifs is 1. The van der Waals surface area contributed by atoms with Crippen LogP contribution in [0.25, 0.3) is 20.7 Å². The number of carbonyl (C=O) groups is 1. The molecule has 3 rings (SSSR count). The summed E-state index contributed by atoms with van der Waals surface area (Å²) in [5.41, 5.74) is 1.47. The summed E-state index contributed by atoms with van der Waals surface area (Å²) in [5.74, 6) is 0.988. The number of ether oxygens (including phenoxy) is 2. The fourth-order valence-corrected chi connectivity index (χ4v) is 3.70. The van der Waals surface area contributed by atoms with Crippen molar-refractivity contribution in [3.63, 3.8) is 0 Å². The summed E-state index contributed by atoms with van der Waals surface area (Å²) in [5, 5.41) is 0. The number of methoxy groups -OCH3 is 1. The molecule has 142 valence electrons. The Morgan fingerprint density at radius 2 is 2.04 bits per heavy atom. The molecule has 2 aromatic heterocycles. The van der Waals surface area contributed by atoms with E-state index in [2.05, 4.69) is 9.97 Å². The topological polar surface area (TPSA) is 84.5 Å². The molecule has 0 aliphatic heterocycles. The second kappa shape index (κ2) is 8.32. The largest absolute Gasteiger partial charge is 0.497 e. The number of nitrogens with one attached hydrogen (secondary N) is 1. The van der Waals surface area contributed by atoms with Gasteiger partial charge in [-0.3, -0.25) is 14.5 Å². The highest BCUT2D eigenvalue weighted by Gasteiger charge is 2.13. The lowest BCUT2D eigenvalue weighted by Crippen LogP contribution is -2.28. The van der Waals surface area contributed by atoms with Crippen LogP contribution in [0.1, 0.15) is 12.7 Å². The molecule has 0 saturated heterocycles. The lowest BCUT2D eigenvalue weighted by atomic mass is 10.2. The normalized spacial score (nSPS) is 11.1. The maximum absolute atomic E-state index is 12.4. The first-order valence-corrected chi connectivity index (χ1v) is 9.33. The fourth-order valence-electron chi connectivity index (χ4n) is 2.70. The Balaban J connectivity index is 1.83. The molecule has 1 N–H and O–H groups in total. The molecule has 0 aliphatic rings. The van der Waals surface area contributed by atoms with Crippen LogP contribution in [0.2, 0.25) is 0 Å². The first-order chi connectivity index (χ1) is 13.0. The van der Waals surface area contributed by atoms with Crippen LogP contribution in [0, 0.1) is 0 Å². The molecule has 0 bridgehead atoms.